The van der Waals surface area contributed by atoms with Crippen LogP contribution in [0.5, 0.6) is 5.75 Å². The average molecular weight is 330 g/mol. The van der Waals surface area contributed by atoms with Crippen molar-refractivity contribution in [2.75, 3.05) is 6.61 Å². The second-order valence-electron chi connectivity index (χ2n) is 6.67. The summed E-state index contributed by atoms with van der Waals surface area (Å²) in [6.07, 6.45) is 4.69. The summed E-state index contributed by atoms with van der Waals surface area (Å²) in [5, 5.41) is 3.99. The van der Waals surface area contributed by atoms with Crippen molar-refractivity contribution in [3.63, 3.8) is 0 Å². The van der Waals surface area contributed by atoms with Crippen LogP contribution in [-0.2, 0) is 4.79 Å². The number of ether oxygens (including phenoxy) is 1. The third-order valence-corrected chi connectivity index (χ3v) is 4.80. The standard InChI is InChI=1S/C19H26N2O3/c1-3-23-15-9-7-8-14-12-16(24-17(14)15)13(2)21-18(22)19(20)10-5-4-6-11-19/h7-9,12-13H,3-6,10-11,20H2,1-2H3,(H,21,22). The SMILES string of the molecule is CCOc1cccc2cc(C(C)NC(=O)C3(N)CCCCC3)oc12. The largest absolute Gasteiger partial charge is 0.490 e. The quantitative estimate of drug-likeness (QED) is 0.877. The van der Waals surface area contributed by atoms with Crippen molar-refractivity contribution >= 4 is 16.9 Å². The summed E-state index contributed by atoms with van der Waals surface area (Å²) in [7, 11) is 0. The van der Waals surface area contributed by atoms with Gasteiger partial charge in [-0.05, 0) is 38.8 Å². The van der Waals surface area contributed by atoms with Gasteiger partial charge in [-0.3, -0.25) is 4.79 Å². The molecule has 1 aliphatic rings. The van der Waals surface area contributed by atoms with Gasteiger partial charge in [0.1, 0.15) is 5.76 Å². The molecule has 3 N–H and O–H groups in total. The fourth-order valence-electron chi connectivity index (χ4n) is 3.36. The smallest absolute Gasteiger partial charge is 0.240 e. The maximum atomic E-state index is 12.6. The number of rotatable bonds is 5. The lowest BCUT2D eigenvalue weighted by Crippen LogP contribution is -2.55. The van der Waals surface area contributed by atoms with Gasteiger partial charge in [0.05, 0.1) is 18.2 Å². The van der Waals surface area contributed by atoms with Gasteiger partial charge >= 0.3 is 0 Å². The molecule has 0 bridgehead atoms. The van der Waals surface area contributed by atoms with Crippen LogP contribution in [0.4, 0.5) is 0 Å². The Kier molecular flexibility index (Phi) is 4.81. The van der Waals surface area contributed by atoms with Crippen molar-refractivity contribution in [3.05, 3.63) is 30.0 Å². The number of nitrogens with one attached hydrogen (secondary N) is 1. The van der Waals surface area contributed by atoms with E-state index in [4.69, 9.17) is 14.9 Å². The van der Waals surface area contributed by atoms with E-state index in [1.807, 2.05) is 38.1 Å². The summed E-state index contributed by atoms with van der Waals surface area (Å²) in [6.45, 7) is 4.44. The molecule has 1 saturated carbocycles. The van der Waals surface area contributed by atoms with Gasteiger partial charge in [0.2, 0.25) is 5.91 Å². The minimum atomic E-state index is -0.741. The molecule has 1 aromatic heterocycles. The molecule has 0 spiro atoms. The van der Waals surface area contributed by atoms with Crippen LogP contribution in [0.1, 0.15) is 57.8 Å². The molecular weight excluding hydrogens is 304 g/mol. The number of amides is 1. The molecule has 0 radical (unpaired) electrons. The van der Waals surface area contributed by atoms with Crippen molar-refractivity contribution in [1.82, 2.24) is 5.32 Å². The van der Waals surface area contributed by atoms with Gasteiger partial charge in [-0.25, -0.2) is 0 Å². The number of fused-ring (bicyclic) bond motifs is 1. The first-order chi connectivity index (χ1) is 11.5. The normalized spacial score (nSPS) is 18.3. The number of furan rings is 1. The van der Waals surface area contributed by atoms with E-state index in [0.29, 0.717) is 12.4 Å². The maximum Gasteiger partial charge on any atom is 0.240 e. The number of para-hydroxylation sites is 1. The summed E-state index contributed by atoms with van der Waals surface area (Å²) in [6, 6.07) is 7.52. The molecular formula is C19H26N2O3. The molecule has 130 valence electrons. The molecule has 1 heterocycles. The van der Waals surface area contributed by atoms with E-state index in [1.165, 1.54) is 0 Å². The van der Waals surface area contributed by atoms with Crippen LogP contribution in [-0.4, -0.2) is 18.1 Å². The van der Waals surface area contributed by atoms with Crippen LogP contribution >= 0.6 is 0 Å². The maximum absolute atomic E-state index is 12.6. The number of hydrogen-bond acceptors (Lipinski definition) is 4. The molecule has 5 nitrogen and oxygen atoms in total. The second-order valence-corrected chi connectivity index (χ2v) is 6.67. The third-order valence-electron chi connectivity index (χ3n) is 4.80. The Balaban J connectivity index is 1.77. The number of carbonyl (C=O) groups excluding carboxylic acids is 1. The van der Waals surface area contributed by atoms with E-state index in [0.717, 1.165) is 48.8 Å². The Morgan fingerprint density at radius 1 is 1.38 bits per heavy atom. The van der Waals surface area contributed by atoms with Crippen molar-refractivity contribution in [2.45, 2.75) is 57.5 Å². The highest BCUT2D eigenvalue weighted by atomic mass is 16.5. The molecule has 1 aliphatic carbocycles. The topological polar surface area (TPSA) is 77.5 Å². The van der Waals surface area contributed by atoms with Crippen LogP contribution in [0.15, 0.2) is 28.7 Å². The molecule has 1 unspecified atom stereocenters. The van der Waals surface area contributed by atoms with Gasteiger partial charge in [-0.2, -0.15) is 0 Å². The van der Waals surface area contributed by atoms with Crippen molar-refractivity contribution in [3.8, 4) is 5.75 Å². The number of hydrogen-bond donors (Lipinski definition) is 2. The van der Waals surface area contributed by atoms with E-state index >= 15 is 0 Å². The molecule has 3 rings (SSSR count). The van der Waals surface area contributed by atoms with Gasteiger partial charge in [0.15, 0.2) is 11.3 Å². The van der Waals surface area contributed by atoms with Crippen molar-refractivity contribution in [2.24, 2.45) is 5.73 Å². The summed E-state index contributed by atoms with van der Waals surface area (Å²) in [4.78, 5) is 12.6. The lowest BCUT2D eigenvalue weighted by Gasteiger charge is -2.32. The second kappa shape index (κ2) is 6.85. The molecule has 1 aromatic carbocycles. The predicted molar refractivity (Wildman–Crippen MR) is 93.9 cm³/mol. The van der Waals surface area contributed by atoms with E-state index in [2.05, 4.69) is 5.32 Å². The van der Waals surface area contributed by atoms with Crippen LogP contribution in [0, 0.1) is 0 Å². The number of benzene rings is 1. The Morgan fingerprint density at radius 2 is 2.12 bits per heavy atom. The van der Waals surface area contributed by atoms with Gasteiger partial charge in [-0.1, -0.05) is 31.4 Å². The summed E-state index contributed by atoms with van der Waals surface area (Å²) >= 11 is 0. The van der Waals surface area contributed by atoms with E-state index < -0.39 is 5.54 Å². The van der Waals surface area contributed by atoms with E-state index in [-0.39, 0.29) is 11.9 Å². The minimum absolute atomic E-state index is 0.0832. The van der Waals surface area contributed by atoms with Crippen LogP contribution in [0.3, 0.4) is 0 Å². The first-order valence-electron chi connectivity index (χ1n) is 8.78. The van der Waals surface area contributed by atoms with Gasteiger partial charge in [-0.15, -0.1) is 0 Å². The Bertz CT molecular complexity index is 716. The first kappa shape index (κ1) is 16.8. The van der Waals surface area contributed by atoms with Crippen LogP contribution < -0.4 is 15.8 Å². The lowest BCUT2D eigenvalue weighted by atomic mass is 9.82. The zero-order chi connectivity index (χ0) is 17.2. The summed E-state index contributed by atoms with van der Waals surface area (Å²) in [5.41, 5.74) is 6.28. The molecule has 24 heavy (non-hydrogen) atoms. The number of carbonyl (C=O) groups is 1. The Hall–Kier alpha value is -2.01. The van der Waals surface area contributed by atoms with Crippen molar-refractivity contribution < 1.29 is 13.9 Å². The monoisotopic (exact) mass is 330 g/mol. The summed E-state index contributed by atoms with van der Waals surface area (Å²) in [5.74, 6) is 1.35. The summed E-state index contributed by atoms with van der Waals surface area (Å²) < 4.78 is 11.6. The molecule has 1 fully saturated rings. The molecule has 0 saturated heterocycles. The molecule has 1 atom stereocenters. The number of nitrogens with two attached hydrogens (primary N) is 1. The predicted octanol–water partition coefficient (Wildman–Crippen LogP) is 3.67. The Morgan fingerprint density at radius 3 is 2.83 bits per heavy atom. The minimum Gasteiger partial charge on any atom is -0.490 e. The van der Waals surface area contributed by atoms with Crippen molar-refractivity contribution in [1.29, 1.82) is 0 Å². The van der Waals surface area contributed by atoms with Crippen LogP contribution in [0.25, 0.3) is 11.0 Å². The highest BCUT2D eigenvalue weighted by Crippen LogP contribution is 2.32. The fourth-order valence-corrected chi connectivity index (χ4v) is 3.36. The fraction of sp³-hybridized carbons (Fsp3) is 0.526. The van der Waals surface area contributed by atoms with Gasteiger partial charge in [0.25, 0.3) is 0 Å². The average Bonchev–Trinajstić information content (AvgIpc) is 3.01. The Labute approximate surface area is 142 Å². The van der Waals surface area contributed by atoms with E-state index in [1.54, 1.807) is 0 Å². The van der Waals surface area contributed by atoms with E-state index in [9.17, 15) is 4.79 Å². The third kappa shape index (κ3) is 3.26. The van der Waals surface area contributed by atoms with Crippen LogP contribution in [0.2, 0.25) is 0 Å². The molecule has 5 heteroatoms. The zero-order valence-electron chi connectivity index (χ0n) is 14.4. The highest BCUT2D eigenvalue weighted by Gasteiger charge is 2.36. The first-order valence-corrected chi connectivity index (χ1v) is 8.78. The molecule has 0 aliphatic heterocycles. The molecule has 1 amide bonds. The van der Waals surface area contributed by atoms with Gasteiger partial charge < -0.3 is 20.2 Å². The lowest BCUT2D eigenvalue weighted by molar-refractivity contribution is -0.128. The molecule has 2 aromatic rings. The highest BCUT2D eigenvalue weighted by molar-refractivity contribution is 5.87. The van der Waals surface area contributed by atoms with Gasteiger partial charge in [0, 0.05) is 5.39 Å². The zero-order valence-corrected chi connectivity index (χ0v) is 14.4.